The highest BCUT2D eigenvalue weighted by molar-refractivity contribution is 9.10. The van der Waals surface area contributed by atoms with Crippen LogP contribution in [0.5, 0.6) is 0 Å². The van der Waals surface area contributed by atoms with Crippen LogP contribution in [0.2, 0.25) is 0 Å². The van der Waals surface area contributed by atoms with Gasteiger partial charge in [-0.05, 0) is 22.9 Å². The SMILES string of the molecule is Cc1nc2c(N=C(c3ccccc3)c3ccccc3)cc(N3CCOCC3)nn2c1Br. The van der Waals surface area contributed by atoms with Crippen molar-refractivity contribution in [3.8, 4) is 0 Å². The van der Waals surface area contributed by atoms with Crippen LogP contribution in [0.3, 0.4) is 0 Å². The van der Waals surface area contributed by atoms with Gasteiger partial charge in [-0.25, -0.2) is 14.5 Å². The Morgan fingerprint density at radius 3 is 2.19 bits per heavy atom. The lowest BCUT2D eigenvalue weighted by Gasteiger charge is -2.27. The largest absolute Gasteiger partial charge is 0.378 e. The van der Waals surface area contributed by atoms with E-state index in [0.29, 0.717) is 13.2 Å². The summed E-state index contributed by atoms with van der Waals surface area (Å²) in [7, 11) is 0. The fourth-order valence-corrected chi connectivity index (χ4v) is 4.05. The Balaban J connectivity index is 1.73. The van der Waals surface area contributed by atoms with Crippen LogP contribution in [0, 0.1) is 6.92 Å². The summed E-state index contributed by atoms with van der Waals surface area (Å²) in [5.74, 6) is 0.869. The van der Waals surface area contributed by atoms with Crippen molar-refractivity contribution in [3.05, 3.63) is 88.2 Å². The van der Waals surface area contributed by atoms with Gasteiger partial charge in [0.1, 0.15) is 10.3 Å². The van der Waals surface area contributed by atoms with Crippen LogP contribution >= 0.6 is 15.9 Å². The standard InChI is InChI=1S/C24H22BrN5O/c1-17-23(25)30-24(26-17)20(16-21(28-30)29-12-14-31-15-13-29)27-22(18-8-4-2-5-9-18)19-10-6-3-7-11-19/h2-11,16H,12-15H2,1H3. The van der Waals surface area contributed by atoms with Gasteiger partial charge in [-0.1, -0.05) is 60.7 Å². The van der Waals surface area contributed by atoms with Gasteiger partial charge in [-0.15, -0.1) is 5.10 Å². The number of hydrogen-bond donors (Lipinski definition) is 0. The van der Waals surface area contributed by atoms with E-state index in [1.807, 2.05) is 53.9 Å². The second-order valence-corrected chi connectivity index (χ2v) is 8.15. The van der Waals surface area contributed by atoms with Crippen molar-refractivity contribution in [2.75, 3.05) is 31.2 Å². The lowest BCUT2D eigenvalue weighted by atomic mass is 10.0. The highest BCUT2D eigenvalue weighted by Crippen LogP contribution is 2.30. The maximum Gasteiger partial charge on any atom is 0.181 e. The number of aryl methyl sites for hydroxylation is 1. The molecule has 0 amide bonds. The van der Waals surface area contributed by atoms with E-state index in [4.69, 9.17) is 19.8 Å². The summed E-state index contributed by atoms with van der Waals surface area (Å²) in [6.45, 7) is 4.97. The smallest absolute Gasteiger partial charge is 0.181 e. The number of rotatable bonds is 4. The van der Waals surface area contributed by atoms with Gasteiger partial charge in [0.25, 0.3) is 0 Å². The van der Waals surface area contributed by atoms with Gasteiger partial charge in [0.05, 0.1) is 24.6 Å². The molecule has 3 heterocycles. The molecule has 0 unspecified atom stereocenters. The molecule has 0 atom stereocenters. The Labute approximate surface area is 189 Å². The quantitative estimate of drug-likeness (QED) is 0.397. The molecule has 6 nitrogen and oxygen atoms in total. The van der Waals surface area contributed by atoms with Gasteiger partial charge in [-0.3, -0.25) is 0 Å². The van der Waals surface area contributed by atoms with Crippen molar-refractivity contribution >= 4 is 38.8 Å². The minimum atomic E-state index is 0.696. The molecule has 0 bridgehead atoms. The Morgan fingerprint density at radius 2 is 1.58 bits per heavy atom. The molecule has 1 saturated heterocycles. The molecule has 1 aliphatic rings. The first-order valence-corrected chi connectivity index (χ1v) is 11.1. The van der Waals surface area contributed by atoms with E-state index in [0.717, 1.165) is 57.4 Å². The minimum absolute atomic E-state index is 0.696. The number of ether oxygens (including phenoxy) is 1. The van der Waals surface area contributed by atoms with Crippen LogP contribution in [0.15, 0.2) is 76.3 Å². The molecular formula is C24H22BrN5O. The highest BCUT2D eigenvalue weighted by Gasteiger charge is 2.19. The van der Waals surface area contributed by atoms with E-state index in [2.05, 4.69) is 45.1 Å². The van der Waals surface area contributed by atoms with E-state index in [1.54, 1.807) is 0 Å². The zero-order valence-corrected chi connectivity index (χ0v) is 18.8. The Bertz CT molecular complexity index is 1190. The summed E-state index contributed by atoms with van der Waals surface area (Å²) in [6.07, 6.45) is 0. The minimum Gasteiger partial charge on any atom is -0.378 e. The second-order valence-electron chi connectivity index (χ2n) is 7.40. The molecular weight excluding hydrogens is 454 g/mol. The third kappa shape index (κ3) is 3.98. The molecule has 7 heteroatoms. The first-order valence-electron chi connectivity index (χ1n) is 10.3. The maximum absolute atomic E-state index is 5.52. The van der Waals surface area contributed by atoms with Crippen molar-refractivity contribution in [1.29, 1.82) is 0 Å². The first kappa shape index (κ1) is 19.9. The van der Waals surface area contributed by atoms with E-state index < -0.39 is 0 Å². The summed E-state index contributed by atoms with van der Waals surface area (Å²) in [5, 5.41) is 4.84. The number of hydrogen-bond acceptors (Lipinski definition) is 5. The number of anilines is 1. The summed E-state index contributed by atoms with van der Waals surface area (Å²) >= 11 is 3.65. The molecule has 0 radical (unpaired) electrons. The summed E-state index contributed by atoms with van der Waals surface area (Å²) in [4.78, 5) is 12.1. The van der Waals surface area contributed by atoms with Gasteiger partial charge in [0.2, 0.25) is 0 Å². The molecule has 0 spiro atoms. The predicted molar refractivity (Wildman–Crippen MR) is 127 cm³/mol. The number of halogens is 1. The third-order valence-electron chi connectivity index (χ3n) is 5.32. The molecule has 2 aromatic heterocycles. The number of morpholine rings is 1. The van der Waals surface area contributed by atoms with E-state index in [1.165, 1.54) is 0 Å². The lowest BCUT2D eigenvalue weighted by molar-refractivity contribution is 0.122. The van der Waals surface area contributed by atoms with Crippen molar-refractivity contribution in [3.63, 3.8) is 0 Å². The molecule has 0 N–H and O–H groups in total. The summed E-state index contributed by atoms with van der Waals surface area (Å²) in [5.41, 5.74) is 5.40. The van der Waals surface area contributed by atoms with Crippen molar-refractivity contribution in [1.82, 2.24) is 14.6 Å². The Hall–Kier alpha value is -3.03. The molecule has 1 aliphatic heterocycles. The lowest BCUT2D eigenvalue weighted by Crippen LogP contribution is -2.37. The van der Waals surface area contributed by atoms with Gasteiger partial charge in [-0.2, -0.15) is 0 Å². The second kappa shape index (κ2) is 8.61. The van der Waals surface area contributed by atoms with Crippen molar-refractivity contribution in [2.24, 2.45) is 4.99 Å². The molecule has 2 aromatic carbocycles. The van der Waals surface area contributed by atoms with Gasteiger partial charge < -0.3 is 9.64 Å². The molecule has 0 saturated carbocycles. The van der Waals surface area contributed by atoms with Crippen LogP contribution in [0.4, 0.5) is 11.5 Å². The topological polar surface area (TPSA) is 55.0 Å². The average molecular weight is 476 g/mol. The summed E-state index contributed by atoms with van der Waals surface area (Å²) < 4.78 is 8.20. The van der Waals surface area contributed by atoms with Crippen LogP contribution in [-0.4, -0.2) is 46.6 Å². The maximum atomic E-state index is 5.52. The number of fused-ring (bicyclic) bond motifs is 1. The molecule has 4 aromatic rings. The predicted octanol–water partition coefficient (Wildman–Crippen LogP) is 4.81. The van der Waals surface area contributed by atoms with Crippen molar-refractivity contribution < 1.29 is 4.74 Å². The monoisotopic (exact) mass is 475 g/mol. The molecule has 156 valence electrons. The van der Waals surface area contributed by atoms with Gasteiger partial charge >= 0.3 is 0 Å². The number of benzene rings is 2. The van der Waals surface area contributed by atoms with Gasteiger partial charge in [0.15, 0.2) is 11.5 Å². The molecule has 1 fully saturated rings. The zero-order chi connectivity index (χ0) is 21.2. The number of aliphatic imine (C=N–C) groups is 1. The average Bonchev–Trinajstić information content (AvgIpc) is 3.13. The van der Waals surface area contributed by atoms with Crippen LogP contribution in [0.1, 0.15) is 16.8 Å². The van der Waals surface area contributed by atoms with Crippen LogP contribution in [-0.2, 0) is 4.74 Å². The van der Waals surface area contributed by atoms with Crippen LogP contribution < -0.4 is 4.90 Å². The van der Waals surface area contributed by atoms with Crippen LogP contribution in [0.25, 0.3) is 5.65 Å². The molecule has 5 rings (SSSR count). The number of aromatic nitrogens is 3. The number of imidazole rings is 1. The first-order chi connectivity index (χ1) is 15.2. The fraction of sp³-hybridized carbons (Fsp3) is 0.208. The third-order valence-corrected chi connectivity index (χ3v) is 6.23. The fourth-order valence-electron chi connectivity index (χ4n) is 3.71. The van der Waals surface area contributed by atoms with Gasteiger partial charge in [0, 0.05) is 30.3 Å². The Kier molecular flexibility index (Phi) is 5.53. The van der Waals surface area contributed by atoms with E-state index in [-0.39, 0.29) is 0 Å². The highest BCUT2D eigenvalue weighted by atomic mass is 79.9. The number of nitrogens with zero attached hydrogens (tertiary/aromatic N) is 5. The normalized spacial score (nSPS) is 14.1. The van der Waals surface area contributed by atoms with E-state index in [9.17, 15) is 0 Å². The summed E-state index contributed by atoms with van der Waals surface area (Å²) in [6, 6.07) is 22.5. The Morgan fingerprint density at radius 1 is 0.968 bits per heavy atom. The zero-order valence-electron chi connectivity index (χ0n) is 17.2. The van der Waals surface area contributed by atoms with Crippen molar-refractivity contribution in [2.45, 2.75) is 6.92 Å². The molecule has 0 aliphatic carbocycles. The molecule has 31 heavy (non-hydrogen) atoms. The van der Waals surface area contributed by atoms with E-state index >= 15 is 0 Å².